The van der Waals surface area contributed by atoms with Crippen molar-refractivity contribution in [1.29, 1.82) is 0 Å². The zero-order valence-corrected chi connectivity index (χ0v) is 13.6. The van der Waals surface area contributed by atoms with Crippen molar-refractivity contribution in [2.75, 3.05) is 13.7 Å². The molecule has 0 aliphatic rings. The van der Waals surface area contributed by atoms with Crippen molar-refractivity contribution >= 4 is 21.6 Å². The minimum Gasteiger partial charge on any atom is -0.464 e. The number of ether oxygens (including phenoxy) is 1. The van der Waals surface area contributed by atoms with Gasteiger partial charge in [-0.1, -0.05) is 13.8 Å². The van der Waals surface area contributed by atoms with E-state index in [0.717, 1.165) is 16.2 Å². The first-order valence-electron chi connectivity index (χ1n) is 7.18. The molecule has 5 nitrogen and oxygen atoms in total. The Morgan fingerprint density at radius 3 is 2.91 bits per heavy atom. The molecule has 0 saturated carbocycles. The van der Waals surface area contributed by atoms with E-state index in [-0.39, 0.29) is 11.5 Å². The largest absolute Gasteiger partial charge is 0.464 e. The number of nitrogens with zero attached hydrogens (tertiary/aromatic N) is 2. The van der Waals surface area contributed by atoms with E-state index in [1.165, 1.54) is 11.3 Å². The summed E-state index contributed by atoms with van der Waals surface area (Å²) >= 11 is 1.47. The quantitative estimate of drug-likeness (QED) is 0.722. The summed E-state index contributed by atoms with van der Waals surface area (Å²) in [7, 11) is 1.63. The van der Waals surface area contributed by atoms with Gasteiger partial charge in [-0.05, 0) is 12.1 Å². The van der Waals surface area contributed by atoms with E-state index < -0.39 is 0 Å². The second-order valence-corrected chi connectivity index (χ2v) is 6.24. The van der Waals surface area contributed by atoms with Crippen LogP contribution in [0.1, 0.15) is 25.6 Å². The van der Waals surface area contributed by atoms with E-state index >= 15 is 0 Å². The Kier molecular flexibility index (Phi) is 4.13. The molecule has 0 saturated heterocycles. The first-order valence-corrected chi connectivity index (χ1v) is 8.06. The molecule has 3 aromatic rings. The lowest BCUT2D eigenvalue weighted by Crippen LogP contribution is -2.27. The fourth-order valence-electron chi connectivity index (χ4n) is 2.49. The molecule has 3 aromatic heterocycles. The number of fused-ring (bicyclic) bond motifs is 1. The molecule has 0 N–H and O–H groups in total. The Morgan fingerprint density at radius 1 is 1.45 bits per heavy atom. The average molecular weight is 318 g/mol. The molecule has 0 unspecified atom stereocenters. The molecule has 0 spiro atoms. The maximum Gasteiger partial charge on any atom is 0.263 e. The molecule has 22 heavy (non-hydrogen) atoms. The van der Waals surface area contributed by atoms with Crippen molar-refractivity contribution < 1.29 is 9.15 Å². The van der Waals surface area contributed by atoms with Crippen LogP contribution in [0.5, 0.6) is 0 Å². The molecule has 0 fully saturated rings. The van der Waals surface area contributed by atoms with Crippen LogP contribution in [-0.2, 0) is 11.3 Å². The summed E-state index contributed by atoms with van der Waals surface area (Å²) in [5.74, 6) is 1.66. The third-order valence-electron chi connectivity index (χ3n) is 3.55. The predicted molar refractivity (Wildman–Crippen MR) is 87.5 cm³/mol. The van der Waals surface area contributed by atoms with Crippen molar-refractivity contribution in [3.63, 3.8) is 0 Å². The first-order chi connectivity index (χ1) is 10.6. The molecule has 0 aromatic carbocycles. The third kappa shape index (κ3) is 2.48. The lowest BCUT2D eigenvalue weighted by atomic mass is 10.1. The fourth-order valence-corrected chi connectivity index (χ4v) is 3.42. The van der Waals surface area contributed by atoms with Gasteiger partial charge in [0.25, 0.3) is 5.56 Å². The minimum absolute atomic E-state index is 0.0293. The number of hydrogen-bond donors (Lipinski definition) is 0. The summed E-state index contributed by atoms with van der Waals surface area (Å²) in [5.41, 5.74) is 0.780. The molecule has 3 heterocycles. The first kappa shape index (κ1) is 15.0. The van der Waals surface area contributed by atoms with E-state index in [1.54, 1.807) is 17.9 Å². The predicted octanol–water partition coefficient (Wildman–Crippen LogP) is 3.49. The zero-order valence-electron chi connectivity index (χ0n) is 12.8. The molecule has 116 valence electrons. The van der Waals surface area contributed by atoms with Gasteiger partial charge in [-0.25, -0.2) is 4.98 Å². The maximum absolute atomic E-state index is 13.0. The number of aromatic nitrogens is 2. The van der Waals surface area contributed by atoms with Crippen LogP contribution in [-0.4, -0.2) is 23.3 Å². The molecule has 0 bridgehead atoms. The summed E-state index contributed by atoms with van der Waals surface area (Å²) < 4.78 is 12.3. The molecule has 3 rings (SSSR count). The molecule has 0 atom stereocenters. The minimum atomic E-state index is -0.0293. The monoisotopic (exact) mass is 318 g/mol. The van der Waals surface area contributed by atoms with E-state index in [0.29, 0.717) is 24.3 Å². The summed E-state index contributed by atoms with van der Waals surface area (Å²) in [6.45, 7) is 5.06. The van der Waals surface area contributed by atoms with Gasteiger partial charge in [-0.3, -0.25) is 9.36 Å². The highest BCUT2D eigenvalue weighted by Gasteiger charge is 2.19. The van der Waals surface area contributed by atoms with Crippen molar-refractivity contribution in [3.8, 4) is 11.3 Å². The molecule has 0 aliphatic carbocycles. The Balaban J connectivity index is 2.26. The van der Waals surface area contributed by atoms with Gasteiger partial charge in [0.1, 0.15) is 16.4 Å². The van der Waals surface area contributed by atoms with Crippen LogP contribution in [0.25, 0.3) is 21.5 Å². The van der Waals surface area contributed by atoms with Gasteiger partial charge < -0.3 is 9.15 Å². The van der Waals surface area contributed by atoms with E-state index in [9.17, 15) is 4.79 Å². The lowest BCUT2D eigenvalue weighted by molar-refractivity contribution is 0.184. The topological polar surface area (TPSA) is 57.3 Å². The molecule has 0 amide bonds. The van der Waals surface area contributed by atoms with Gasteiger partial charge in [0.2, 0.25) is 0 Å². The highest BCUT2D eigenvalue weighted by atomic mass is 32.1. The third-order valence-corrected chi connectivity index (χ3v) is 4.42. The summed E-state index contributed by atoms with van der Waals surface area (Å²) in [4.78, 5) is 18.4. The van der Waals surface area contributed by atoms with E-state index in [2.05, 4.69) is 0 Å². The summed E-state index contributed by atoms with van der Waals surface area (Å²) in [6, 6.07) is 3.68. The molecular weight excluding hydrogens is 300 g/mol. The van der Waals surface area contributed by atoms with Crippen LogP contribution in [0.15, 0.2) is 33.0 Å². The SMILES string of the molecule is COCCn1c(C(C)C)nc2scc(-c3ccco3)c2c1=O. The zero-order chi connectivity index (χ0) is 15.7. The fraction of sp³-hybridized carbons (Fsp3) is 0.375. The number of thiophene rings is 1. The van der Waals surface area contributed by atoms with E-state index in [1.807, 2.05) is 31.4 Å². The number of furan rings is 1. The second-order valence-electron chi connectivity index (χ2n) is 5.38. The Hall–Kier alpha value is -1.92. The number of methoxy groups -OCH3 is 1. The number of hydrogen-bond acceptors (Lipinski definition) is 5. The van der Waals surface area contributed by atoms with Gasteiger partial charge in [0.15, 0.2) is 0 Å². The summed E-state index contributed by atoms with van der Waals surface area (Å²) in [5, 5.41) is 2.56. The van der Waals surface area contributed by atoms with Gasteiger partial charge in [-0.15, -0.1) is 11.3 Å². The van der Waals surface area contributed by atoms with Gasteiger partial charge in [-0.2, -0.15) is 0 Å². The second kappa shape index (κ2) is 6.06. The van der Waals surface area contributed by atoms with Crippen LogP contribution in [0.3, 0.4) is 0 Å². The lowest BCUT2D eigenvalue weighted by Gasteiger charge is -2.14. The average Bonchev–Trinajstić information content (AvgIpc) is 3.14. The Morgan fingerprint density at radius 2 is 2.27 bits per heavy atom. The van der Waals surface area contributed by atoms with Crippen molar-refractivity contribution in [2.24, 2.45) is 0 Å². The van der Waals surface area contributed by atoms with Gasteiger partial charge in [0.05, 0.1) is 24.8 Å². The van der Waals surface area contributed by atoms with Crippen LogP contribution in [0, 0.1) is 0 Å². The van der Waals surface area contributed by atoms with Crippen molar-refractivity contribution in [3.05, 3.63) is 40.0 Å². The van der Waals surface area contributed by atoms with Gasteiger partial charge >= 0.3 is 0 Å². The highest BCUT2D eigenvalue weighted by molar-refractivity contribution is 7.17. The van der Waals surface area contributed by atoms with Crippen molar-refractivity contribution in [1.82, 2.24) is 9.55 Å². The molecule has 0 radical (unpaired) electrons. The maximum atomic E-state index is 13.0. The van der Waals surface area contributed by atoms with E-state index in [4.69, 9.17) is 14.1 Å². The van der Waals surface area contributed by atoms with Crippen LogP contribution >= 0.6 is 11.3 Å². The molecular formula is C16H18N2O3S. The Bertz CT molecular complexity index is 831. The standard InChI is InChI=1S/C16H18N2O3S/c1-10(2)14-17-15-13(16(19)18(14)6-8-20-3)11(9-22-15)12-5-4-7-21-12/h4-5,7,9-10H,6,8H2,1-3H3. The number of rotatable bonds is 5. The van der Waals surface area contributed by atoms with Crippen LogP contribution in [0.4, 0.5) is 0 Å². The van der Waals surface area contributed by atoms with Crippen molar-refractivity contribution in [2.45, 2.75) is 26.3 Å². The highest BCUT2D eigenvalue weighted by Crippen LogP contribution is 2.31. The van der Waals surface area contributed by atoms with Crippen LogP contribution in [0.2, 0.25) is 0 Å². The van der Waals surface area contributed by atoms with Crippen LogP contribution < -0.4 is 5.56 Å². The molecule has 6 heteroatoms. The summed E-state index contributed by atoms with van der Waals surface area (Å²) in [6.07, 6.45) is 1.61. The van der Waals surface area contributed by atoms with Gasteiger partial charge in [0, 0.05) is 24.0 Å². The normalized spacial score (nSPS) is 11.6. The molecule has 0 aliphatic heterocycles. The Labute approximate surface area is 132 Å². The smallest absolute Gasteiger partial charge is 0.263 e.